The van der Waals surface area contributed by atoms with E-state index in [1.165, 1.54) is 5.56 Å². The predicted molar refractivity (Wildman–Crippen MR) is 134 cm³/mol. The topological polar surface area (TPSA) is 62.5 Å². The molecule has 1 aliphatic rings. The Morgan fingerprint density at radius 2 is 1.79 bits per heavy atom. The number of carbonyl (C=O) groups excluding carboxylic acids is 1. The van der Waals surface area contributed by atoms with Gasteiger partial charge in [0.05, 0.1) is 0 Å². The lowest BCUT2D eigenvalue weighted by Gasteiger charge is -2.29. The van der Waals surface area contributed by atoms with Crippen molar-refractivity contribution < 1.29 is 15.0 Å². The van der Waals surface area contributed by atoms with Gasteiger partial charge in [-0.25, -0.2) is 0 Å². The smallest absolute Gasteiger partial charge is 0.168 e. The highest BCUT2D eigenvalue weighted by molar-refractivity contribution is 6.30. The van der Waals surface area contributed by atoms with E-state index < -0.39 is 11.7 Å². The molecule has 0 aliphatic heterocycles. The Bertz CT molecular complexity index is 1150. The van der Waals surface area contributed by atoms with Gasteiger partial charge in [0.2, 0.25) is 0 Å². The van der Waals surface area contributed by atoms with Crippen LogP contribution in [0, 0.1) is 11.3 Å². The lowest BCUT2D eigenvalue weighted by Crippen LogP contribution is -2.33. The minimum Gasteiger partial charge on any atom is -0.368 e. The van der Waals surface area contributed by atoms with Gasteiger partial charge in [-0.2, -0.15) is 0 Å². The van der Waals surface area contributed by atoms with E-state index in [0.717, 1.165) is 47.0 Å². The lowest BCUT2D eigenvalue weighted by molar-refractivity contribution is -0.121. The molecule has 3 aromatic rings. The van der Waals surface area contributed by atoms with Crippen LogP contribution in [0.15, 0.2) is 42.5 Å². The Morgan fingerprint density at radius 1 is 1.12 bits per heavy atom. The molecule has 1 aliphatic carbocycles. The Kier molecular flexibility index (Phi) is 6.73. The van der Waals surface area contributed by atoms with Crippen molar-refractivity contribution in [3.63, 3.8) is 0 Å². The van der Waals surface area contributed by atoms with E-state index in [1.54, 1.807) is 0 Å². The third kappa shape index (κ3) is 4.75. The molecule has 1 fully saturated rings. The molecule has 33 heavy (non-hydrogen) atoms. The number of ketones is 1. The maximum absolute atomic E-state index is 13.8. The van der Waals surface area contributed by atoms with Gasteiger partial charge in [0.15, 0.2) is 12.1 Å². The minimum atomic E-state index is -1.49. The van der Waals surface area contributed by atoms with Crippen LogP contribution in [0.2, 0.25) is 5.02 Å². The number of aliphatic hydroxyl groups is 2. The summed E-state index contributed by atoms with van der Waals surface area (Å²) in [6.45, 7) is 8.56. The van der Waals surface area contributed by atoms with Crippen LogP contribution in [-0.2, 0) is 13.0 Å². The van der Waals surface area contributed by atoms with E-state index in [-0.39, 0.29) is 11.7 Å². The number of aromatic nitrogens is 1. The first-order chi connectivity index (χ1) is 15.6. The molecule has 2 N–H and O–H groups in total. The second-order valence-corrected chi connectivity index (χ2v) is 10.9. The van der Waals surface area contributed by atoms with Gasteiger partial charge in [-0.1, -0.05) is 63.9 Å². The van der Waals surface area contributed by atoms with Crippen molar-refractivity contribution in [3.05, 3.63) is 69.9 Å². The van der Waals surface area contributed by atoms with E-state index in [2.05, 4.69) is 36.6 Å². The summed E-state index contributed by atoms with van der Waals surface area (Å²) in [6.07, 6.45) is 1.85. The van der Waals surface area contributed by atoms with E-state index in [9.17, 15) is 15.0 Å². The van der Waals surface area contributed by atoms with Gasteiger partial charge in [-0.15, -0.1) is 0 Å². The normalized spacial score (nSPS) is 14.9. The molecule has 4 nitrogen and oxygen atoms in total. The molecule has 4 rings (SSSR count). The van der Waals surface area contributed by atoms with Crippen LogP contribution in [0.3, 0.4) is 0 Å². The fraction of sp³-hybridized carbons (Fsp3) is 0.464. The zero-order valence-electron chi connectivity index (χ0n) is 19.9. The van der Waals surface area contributed by atoms with Gasteiger partial charge in [-0.3, -0.25) is 4.79 Å². The molecule has 5 heteroatoms. The molecule has 0 radical (unpaired) electrons. The van der Waals surface area contributed by atoms with Crippen molar-refractivity contribution in [3.8, 4) is 0 Å². The largest absolute Gasteiger partial charge is 0.368 e. The molecule has 2 aromatic carbocycles. The van der Waals surface area contributed by atoms with Crippen LogP contribution in [0.25, 0.3) is 10.9 Å². The maximum atomic E-state index is 13.8. The first-order valence-corrected chi connectivity index (χ1v) is 12.3. The quantitative estimate of drug-likeness (QED) is 0.300. The van der Waals surface area contributed by atoms with E-state index in [1.807, 2.05) is 38.1 Å². The average molecular weight is 468 g/mol. The number of halogens is 1. The lowest BCUT2D eigenvalue weighted by atomic mass is 9.77. The van der Waals surface area contributed by atoms with E-state index >= 15 is 0 Å². The SMILES string of the molecule is CC(C)c1ccc2c(c1)c(C(=O)C1CCC1)c(CC(C)(C)C(O)O)n2Cc1ccc(Cl)cc1. The van der Waals surface area contributed by atoms with Gasteiger partial charge in [0.25, 0.3) is 0 Å². The van der Waals surface area contributed by atoms with Gasteiger partial charge >= 0.3 is 0 Å². The maximum Gasteiger partial charge on any atom is 0.168 e. The van der Waals surface area contributed by atoms with Crippen molar-refractivity contribution in [2.24, 2.45) is 11.3 Å². The monoisotopic (exact) mass is 467 g/mol. The summed E-state index contributed by atoms with van der Waals surface area (Å²) >= 11 is 6.11. The van der Waals surface area contributed by atoms with E-state index in [0.29, 0.717) is 23.9 Å². The highest BCUT2D eigenvalue weighted by Gasteiger charge is 2.35. The number of hydrogen-bond acceptors (Lipinski definition) is 3. The fourth-order valence-corrected chi connectivity index (χ4v) is 4.72. The van der Waals surface area contributed by atoms with Crippen LogP contribution in [-0.4, -0.2) is 26.9 Å². The Balaban J connectivity index is 1.96. The number of carbonyl (C=O) groups is 1. The highest BCUT2D eigenvalue weighted by Crippen LogP contribution is 2.39. The average Bonchev–Trinajstić information content (AvgIpc) is 3.00. The Morgan fingerprint density at radius 3 is 2.33 bits per heavy atom. The third-order valence-electron chi connectivity index (χ3n) is 7.16. The number of benzene rings is 2. The zero-order chi connectivity index (χ0) is 23.9. The van der Waals surface area contributed by atoms with Crippen molar-refractivity contribution in [2.45, 2.75) is 72.1 Å². The van der Waals surface area contributed by atoms with Crippen molar-refractivity contribution in [1.82, 2.24) is 4.57 Å². The second kappa shape index (κ2) is 9.25. The number of Topliss-reactive ketones (excluding diaryl/α,β-unsaturated/α-hetero) is 1. The molecular weight excluding hydrogens is 434 g/mol. The summed E-state index contributed by atoms with van der Waals surface area (Å²) in [5.74, 6) is 0.600. The van der Waals surface area contributed by atoms with Gasteiger partial charge < -0.3 is 14.8 Å². The molecule has 176 valence electrons. The highest BCUT2D eigenvalue weighted by atomic mass is 35.5. The molecule has 1 heterocycles. The zero-order valence-corrected chi connectivity index (χ0v) is 20.7. The summed E-state index contributed by atoms with van der Waals surface area (Å²) in [6, 6.07) is 14.2. The molecule has 1 aromatic heterocycles. The number of aliphatic hydroxyl groups excluding tert-OH is 1. The Labute approximate surface area is 201 Å². The molecular formula is C28H34ClNO3. The molecule has 0 atom stereocenters. The van der Waals surface area contributed by atoms with Gasteiger partial charge in [0.1, 0.15) is 0 Å². The molecule has 0 bridgehead atoms. The van der Waals surface area contributed by atoms with Gasteiger partial charge in [-0.05, 0) is 60.6 Å². The predicted octanol–water partition coefficient (Wildman–Crippen LogP) is 6.33. The second-order valence-electron chi connectivity index (χ2n) is 10.5. The molecule has 0 spiro atoms. The van der Waals surface area contributed by atoms with Crippen molar-refractivity contribution in [2.75, 3.05) is 0 Å². The fourth-order valence-electron chi connectivity index (χ4n) is 4.59. The summed E-state index contributed by atoms with van der Waals surface area (Å²) in [5, 5.41) is 21.8. The summed E-state index contributed by atoms with van der Waals surface area (Å²) < 4.78 is 2.19. The first kappa shape index (κ1) is 24.0. The van der Waals surface area contributed by atoms with Crippen molar-refractivity contribution >= 4 is 28.3 Å². The number of rotatable bonds is 8. The first-order valence-electron chi connectivity index (χ1n) is 11.9. The molecule has 0 saturated heterocycles. The Hall–Kier alpha value is -2.14. The summed E-state index contributed by atoms with van der Waals surface area (Å²) in [7, 11) is 0. The van der Waals surface area contributed by atoms with Crippen LogP contribution in [0.1, 0.15) is 80.1 Å². The summed E-state index contributed by atoms with van der Waals surface area (Å²) in [5.41, 5.74) is 4.13. The number of hydrogen-bond donors (Lipinski definition) is 2. The van der Waals surface area contributed by atoms with E-state index in [4.69, 9.17) is 11.6 Å². The number of fused-ring (bicyclic) bond motifs is 1. The standard InChI is InChI=1S/C28H34ClNO3/c1-17(2)20-10-13-23-22(14-20)25(26(31)19-6-5-7-19)24(15-28(3,4)27(32)33)30(23)16-18-8-11-21(29)12-9-18/h8-14,17,19,27,32-33H,5-7,15-16H2,1-4H3. The molecule has 0 unspecified atom stereocenters. The summed E-state index contributed by atoms with van der Waals surface area (Å²) in [4.78, 5) is 13.8. The third-order valence-corrected chi connectivity index (χ3v) is 7.41. The van der Waals surface area contributed by atoms with Gasteiger partial charge in [0, 0.05) is 45.1 Å². The van der Waals surface area contributed by atoms with Crippen LogP contribution < -0.4 is 0 Å². The minimum absolute atomic E-state index is 0.0585. The van der Waals surface area contributed by atoms with Crippen LogP contribution >= 0.6 is 11.6 Å². The van der Waals surface area contributed by atoms with Crippen molar-refractivity contribution in [1.29, 1.82) is 0 Å². The molecule has 1 saturated carbocycles. The van der Waals surface area contributed by atoms with Crippen LogP contribution in [0.5, 0.6) is 0 Å². The van der Waals surface area contributed by atoms with Crippen LogP contribution in [0.4, 0.5) is 0 Å². The number of nitrogens with zero attached hydrogens (tertiary/aromatic N) is 1. The molecule has 0 amide bonds.